The van der Waals surface area contributed by atoms with E-state index in [1.54, 1.807) is 0 Å². The first-order valence-corrected chi connectivity index (χ1v) is 8.96. The largest absolute Gasteiger partial charge is 0.342 e. The normalized spacial score (nSPS) is 23.8. The van der Waals surface area contributed by atoms with Gasteiger partial charge in [-0.15, -0.1) is 0 Å². The van der Waals surface area contributed by atoms with Crippen LogP contribution in [0.5, 0.6) is 0 Å². The SMILES string of the molecule is Cc1ccc(NC(=O)[C@@H]2CC=CC[C@@H]2C(=O)N2CCCCC2)cc1. The summed E-state index contributed by atoms with van der Waals surface area (Å²) in [5.41, 5.74) is 1.95. The topological polar surface area (TPSA) is 49.4 Å². The third-order valence-corrected chi connectivity index (χ3v) is 5.07. The number of aryl methyl sites for hydroxylation is 1. The van der Waals surface area contributed by atoms with E-state index < -0.39 is 0 Å². The number of carbonyl (C=O) groups is 2. The van der Waals surface area contributed by atoms with E-state index in [0.29, 0.717) is 12.8 Å². The molecule has 0 aromatic heterocycles. The minimum absolute atomic E-state index is 0.0430. The molecule has 1 N–H and O–H groups in total. The second-order valence-corrected chi connectivity index (χ2v) is 6.90. The summed E-state index contributed by atoms with van der Waals surface area (Å²) in [5.74, 6) is -0.383. The van der Waals surface area contributed by atoms with E-state index in [-0.39, 0.29) is 23.7 Å². The van der Waals surface area contributed by atoms with Crippen molar-refractivity contribution in [3.05, 3.63) is 42.0 Å². The number of nitrogens with one attached hydrogen (secondary N) is 1. The third-order valence-electron chi connectivity index (χ3n) is 5.07. The van der Waals surface area contributed by atoms with Crippen LogP contribution in [0.3, 0.4) is 0 Å². The van der Waals surface area contributed by atoms with Gasteiger partial charge < -0.3 is 10.2 Å². The van der Waals surface area contributed by atoms with E-state index in [4.69, 9.17) is 0 Å². The molecule has 1 saturated heterocycles. The number of anilines is 1. The summed E-state index contributed by atoms with van der Waals surface area (Å²) >= 11 is 0. The van der Waals surface area contributed by atoms with Crippen molar-refractivity contribution in [1.82, 2.24) is 4.90 Å². The summed E-state index contributed by atoms with van der Waals surface area (Å²) in [5, 5.41) is 2.98. The Labute approximate surface area is 143 Å². The van der Waals surface area contributed by atoms with Crippen molar-refractivity contribution >= 4 is 17.5 Å². The Morgan fingerprint density at radius 1 is 0.958 bits per heavy atom. The number of piperidine rings is 1. The van der Waals surface area contributed by atoms with Gasteiger partial charge in [0.05, 0.1) is 11.8 Å². The van der Waals surface area contributed by atoms with Gasteiger partial charge >= 0.3 is 0 Å². The number of nitrogens with zero attached hydrogens (tertiary/aromatic N) is 1. The summed E-state index contributed by atoms with van der Waals surface area (Å²) < 4.78 is 0. The number of hydrogen-bond donors (Lipinski definition) is 1. The van der Waals surface area contributed by atoms with Gasteiger partial charge in [-0.2, -0.15) is 0 Å². The van der Waals surface area contributed by atoms with Crippen LogP contribution in [0.25, 0.3) is 0 Å². The lowest BCUT2D eigenvalue weighted by molar-refractivity contribution is -0.141. The molecule has 1 aliphatic heterocycles. The van der Waals surface area contributed by atoms with Gasteiger partial charge in [0.25, 0.3) is 0 Å². The van der Waals surface area contributed by atoms with Crippen molar-refractivity contribution in [2.75, 3.05) is 18.4 Å². The smallest absolute Gasteiger partial charge is 0.228 e. The maximum absolute atomic E-state index is 12.9. The van der Waals surface area contributed by atoms with Crippen LogP contribution in [0.2, 0.25) is 0 Å². The van der Waals surface area contributed by atoms with Crippen LogP contribution >= 0.6 is 0 Å². The van der Waals surface area contributed by atoms with Gasteiger partial charge in [-0.05, 0) is 51.2 Å². The molecule has 1 aliphatic carbocycles. The van der Waals surface area contributed by atoms with E-state index in [9.17, 15) is 9.59 Å². The fourth-order valence-electron chi connectivity index (χ4n) is 3.60. The van der Waals surface area contributed by atoms with Crippen LogP contribution in [-0.4, -0.2) is 29.8 Å². The summed E-state index contributed by atoms with van der Waals surface area (Å²) in [6.45, 7) is 3.70. The molecule has 4 heteroatoms. The van der Waals surface area contributed by atoms with Gasteiger partial charge in [-0.3, -0.25) is 9.59 Å². The highest BCUT2D eigenvalue weighted by atomic mass is 16.2. The molecule has 0 radical (unpaired) electrons. The molecule has 1 aromatic carbocycles. The number of hydrogen-bond acceptors (Lipinski definition) is 2. The zero-order valence-electron chi connectivity index (χ0n) is 14.3. The van der Waals surface area contributed by atoms with E-state index in [0.717, 1.165) is 37.2 Å². The lowest BCUT2D eigenvalue weighted by Crippen LogP contribution is -2.45. The quantitative estimate of drug-likeness (QED) is 0.864. The molecular formula is C20H26N2O2. The van der Waals surface area contributed by atoms with Gasteiger partial charge in [-0.25, -0.2) is 0 Å². The van der Waals surface area contributed by atoms with Crippen LogP contribution in [0, 0.1) is 18.8 Å². The molecule has 0 spiro atoms. The summed E-state index contributed by atoms with van der Waals surface area (Å²) in [6, 6.07) is 7.78. The maximum atomic E-state index is 12.9. The second kappa shape index (κ2) is 7.65. The number of allylic oxidation sites excluding steroid dienone is 2. The average Bonchev–Trinajstić information content (AvgIpc) is 2.63. The summed E-state index contributed by atoms with van der Waals surface area (Å²) in [4.78, 5) is 27.6. The molecule has 1 fully saturated rings. The molecule has 0 bridgehead atoms. The van der Waals surface area contributed by atoms with Crippen molar-refractivity contribution in [2.45, 2.75) is 39.0 Å². The monoisotopic (exact) mass is 326 g/mol. The Hall–Kier alpha value is -2.10. The van der Waals surface area contributed by atoms with Crippen LogP contribution in [-0.2, 0) is 9.59 Å². The minimum Gasteiger partial charge on any atom is -0.342 e. The first-order valence-electron chi connectivity index (χ1n) is 8.96. The van der Waals surface area contributed by atoms with Crippen molar-refractivity contribution in [2.24, 2.45) is 11.8 Å². The predicted molar refractivity (Wildman–Crippen MR) is 95.6 cm³/mol. The average molecular weight is 326 g/mol. The van der Waals surface area contributed by atoms with Crippen molar-refractivity contribution in [3.8, 4) is 0 Å². The number of carbonyl (C=O) groups excluding carboxylic acids is 2. The van der Waals surface area contributed by atoms with Gasteiger partial charge in [-0.1, -0.05) is 29.8 Å². The zero-order chi connectivity index (χ0) is 16.9. The fraction of sp³-hybridized carbons (Fsp3) is 0.500. The van der Waals surface area contributed by atoms with Gasteiger partial charge in [0.15, 0.2) is 0 Å². The van der Waals surface area contributed by atoms with Gasteiger partial charge in [0.2, 0.25) is 11.8 Å². The van der Waals surface area contributed by atoms with Crippen LogP contribution in [0.4, 0.5) is 5.69 Å². The second-order valence-electron chi connectivity index (χ2n) is 6.90. The van der Waals surface area contributed by atoms with E-state index >= 15 is 0 Å². The molecule has 2 atom stereocenters. The van der Waals surface area contributed by atoms with Gasteiger partial charge in [0, 0.05) is 18.8 Å². The first kappa shape index (κ1) is 16.7. The van der Waals surface area contributed by atoms with Gasteiger partial charge in [0.1, 0.15) is 0 Å². The molecule has 2 aliphatic rings. The lowest BCUT2D eigenvalue weighted by Gasteiger charge is -2.34. The molecule has 24 heavy (non-hydrogen) atoms. The van der Waals surface area contributed by atoms with Crippen LogP contribution in [0.1, 0.15) is 37.7 Å². The Balaban J connectivity index is 1.69. The number of benzene rings is 1. The molecule has 3 rings (SSSR count). The first-order chi connectivity index (χ1) is 11.6. The van der Waals surface area contributed by atoms with Crippen molar-refractivity contribution < 1.29 is 9.59 Å². The third kappa shape index (κ3) is 3.86. The predicted octanol–water partition coefficient (Wildman–Crippen LogP) is 3.53. The molecule has 2 amide bonds. The Morgan fingerprint density at radius 3 is 2.25 bits per heavy atom. The molecule has 1 heterocycles. The van der Waals surface area contributed by atoms with E-state index in [1.165, 1.54) is 6.42 Å². The van der Waals surface area contributed by atoms with Crippen LogP contribution in [0.15, 0.2) is 36.4 Å². The fourth-order valence-corrected chi connectivity index (χ4v) is 3.60. The molecule has 0 unspecified atom stereocenters. The van der Waals surface area contributed by atoms with E-state index in [2.05, 4.69) is 5.32 Å². The Kier molecular flexibility index (Phi) is 5.34. The van der Waals surface area contributed by atoms with Crippen LogP contribution < -0.4 is 5.32 Å². The van der Waals surface area contributed by atoms with Crippen molar-refractivity contribution in [3.63, 3.8) is 0 Å². The van der Waals surface area contributed by atoms with Crippen molar-refractivity contribution in [1.29, 1.82) is 0 Å². The molecule has 1 aromatic rings. The number of amides is 2. The maximum Gasteiger partial charge on any atom is 0.228 e. The summed E-state index contributed by atoms with van der Waals surface area (Å²) in [7, 11) is 0. The highest BCUT2D eigenvalue weighted by Crippen LogP contribution is 2.29. The Bertz CT molecular complexity index is 615. The standard InChI is InChI=1S/C20H26N2O2/c1-15-9-11-16(12-10-15)21-19(23)17-7-3-4-8-18(17)20(24)22-13-5-2-6-14-22/h3-4,9-12,17-18H,2,5-8,13-14H2,1H3,(H,21,23)/t17-,18+/m1/s1. The molecule has 0 saturated carbocycles. The van der Waals surface area contributed by atoms with E-state index in [1.807, 2.05) is 48.2 Å². The highest BCUT2D eigenvalue weighted by molar-refractivity contribution is 5.96. The Morgan fingerprint density at radius 2 is 1.58 bits per heavy atom. The summed E-state index contributed by atoms with van der Waals surface area (Å²) in [6.07, 6.45) is 8.74. The molecular weight excluding hydrogens is 300 g/mol. The zero-order valence-corrected chi connectivity index (χ0v) is 14.3. The minimum atomic E-state index is -0.272. The molecule has 128 valence electrons. The molecule has 4 nitrogen and oxygen atoms in total. The highest BCUT2D eigenvalue weighted by Gasteiger charge is 2.36. The number of likely N-dealkylation sites (tertiary alicyclic amines) is 1. The lowest BCUT2D eigenvalue weighted by atomic mass is 9.81. The number of rotatable bonds is 3.